The molecule has 1 amide bonds. The molecular weight excluding hydrogens is 541 g/mol. The summed E-state index contributed by atoms with van der Waals surface area (Å²) in [5.74, 6) is -1.02. The molecule has 1 N–H and O–H groups in total. The lowest BCUT2D eigenvalue weighted by atomic mass is 9.95. The molecule has 1 atom stereocenters. The second kappa shape index (κ2) is 10.5. The molecule has 0 radical (unpaired) electrons. The fourth-order valence-electron chi connectivity index (χ4n) is 4.44. The van der Waals surface area contributed by atoms with E-state index in [0.29, 0.717) is 51.5 Å². The van der Waals surface area contributed by atoms with Crippen molar-refractivity contribution in [3.05, 3.63) is 101 Å². The third kappa shape index (κ3) is 4.75. The maximum absolute atomic E-state index is 14.0. The van der Waals surface area contributed by atoms with Crippen molar-refractivity contribution in [1.82, 2.24) is 10.2 Å². The van der Waals surface area contributed by atoms with Crippen LogP contribution in [-0.2, 0) is 15.3 Å². The van der Waals surface area contributed by atoms with E-state index in [4.69, 9.17) is 9.47 Å². The van der Waals surface area contributed by atoms with Crippen LogP contribution in [0.4, 0.5) is 9.52 Å². The second-order valence-electron chi connectivity index (χ2n) is 8.67. The number of ether oxygens (including phenoxy) is 2. The van der Waals surface area contributed by atoms with Crippen LogP contribution in [0.1, 0.15) is 22.7 Å². The minimum atomic E-state index is -0.934. The van der Waals surface area contributed by atoms with E-state index < -0.39 is 17.7 Å². The summed E-state index contributed by atoms with van der Waals surface area (Å²) < 4.78 is 25.7. The Kier molecular flexibility index (Phi) is 6.76. The fourth-order valence-corrected chi connectivity index (χ4v) is 6.29. The monoisotopic (exact) mass is 561 g/mol. The molecule has 1 fully saturated rings. The molecule has 8 nitrogen and oxygen atoms in total. The highest BCUT2D eigenvalue weighted by molar-refractivity contribution is 8.00. The number of aliphatic hydroxyl groups excluding tert-OH is 1. The Bertz CT molecular complexity index is 1610. The third-order valence-corrected chi connectivity index (χ3v) is 8.39. The molecule has 2 aliphatic rings. The zero-order valence-corrected chi connectivity index (χ0v) is 21.9. The molecule has 1 saturated heterocycles. The number of aliphatic hydroxyl groups is 1. The fraction of sp³-hybridized carbons (Fsp3) is 0.143. The number of halogens is 1. The standard InChI is InChI=1S/C28H20FN3O5S2/c29-19-9-5-4-8-18(19)15-38-28-31-30-27(39-28)32-23(16-6-2-1-3-7-16)22(25(34)26(32)35)24(33)17-10-11-20-21(14-17)37-13-12-36-20/h1-11,14,23,33H,12-13,15H2/b24-22+. The summed E-state index contributed by atoms with van der Waals surface area (Å²) in [5, 5.41) is 19.9. The van der Waals surface area contributed by atoms with Gasteiger partial charge < -0.3 is 14.6 Å². The normalized spacial score (nSPS) is 18.0. The van der Waals surface area contributed by atoms with Gasteiger partial charge in [-0.3, -0.25) is 14.5 Å². The van der Waals surface area contributed by atoms with Gasteiger partial charge in [0.2, 0.25) is 5.13 Å². The van der Waals surface area contributed by atoms with Gasteiger partial charge in [0.1, 0.15) is 24.8 Å². The molecule has 0 spiro atoms. The maximum Gasteiger partial charge on any atom is 0.301 e. The maximum atomic E-state index is 14.0. The molecule has 0 bridgehead atoms. The Balaban J connectivity index is 1.38. The molecule has 2 aliphatic heterocycles. The lowest BCUT2D eigenvalue weighted by molar-refractivity contribution is -0.132. The number of benzene rings is 3. The van der Waals surface area contributed by atoms with Gasteiger partial charge in [-0.2, -0.15) is 0 Å². The number of nitrogens with zero attached hydrogens (tertiary/aromatic N) is 3. The topological polar surface area (TPSA) is 102 Å². The van der Waals surface area contributed by atoms with Crippen LogP contribution in [0, 0.1) is 5.82 Å². The zero-order chi connectivity index (χ0) is 26.9. The highest BCUT2D eigenvalue weighted by atomic mass is 32.2. The van der Waals surface area contributed by atoms with Crippen molar-refractivity contribution in [1.29, 1.82) is 0 Å². The summed E-state index contributed by atoms with van der Waals surface area (Å²) in [7, 11) is 0. The van der Waals surface area contributed by atoms with Crippen molar-refractivity contribution >= 4 is 45.7 Å². The van der Waals surface area contributed by atoms with Gasteiger partial charge >= 0.3 is 5.91 Å². The van der Waals surface area contributed by atoms with E-state index in [1.165, 1.54) is 22.7 Å². The SMILES string of the molecule is O=C1C(=O)N(c2nnc(SCc3ccccc3F)s2)C(c2ccccc2)/C1=C(\O)c1ccc2c(c1)OCCO2. The minimum absolute atomic E-state index is 0.0707. The summed E-state index contributed by atoms with van der Waals surface area (Å²) in [6.45, 7) is 0.778. The van der Waals surface area contributed by atoms with E-state index in [0.717, 1.165) is 11.3 Å². The molecule has 196 valence electrons. The summed E-state index contributed by atoms with van der Waals surface area (Å²) >= 11 is 2.40. The number of aromatic nitrogens is 2. The van der Waals surface area contributed by atoms with Gasteiger partial charge in [0.15, 0.2) is 15.8 Å². The molecule has 4 aromatic rings. The number of hydrogen-bond acceptors (Lipinski definition) is 9. The number of rotatable bonds is 6. The van der Waals surface area contributed by atoms with Crippen LogP contribution < -0.4 is 14.4 Å². The number of fused-ring (bicyclic) bond motifs is 1. The molecular formula is C28H20FN3O5S2. The van der Waals surface area contributed by atoms with Crippen molar-refractivity contribution in [2.24, 2.45) is 0 Å². The second-order valence-corrected chi connectivity index (χ2v) is 10.8. The Labute approximate surface area is 230 Å². The average Bonchev–Trinajstić information content (AvgIpc) is 3.54. The van der Waals surface area contributed by atoms with E-state index in [1.807, 2.05) is 6.07 Å². The van der Waals surface area contributed by atoms with E-state index >= 15 is 0 Å². The van der Waals surface area contributed by atoms with Gasteiger partial charge in [0, 0.05) is 11.3 Å². The predicted molar refractivity (Wildman–Crippen MR) is 145 cm³/mol. The Morgan fingerprint density at radius 1 is 1.00 bits per heavy atom. The zero-order valence-electron chi connectivity index (χ0n) is 20.2. The van der Waals surface area contributed by atoms with Crippen molar-refractivity contribution in [3.8, 4) is 11.5 Å². The van der Waals surface area contributed by atoms with E-state index in [2.05, 4.69) is 10.2 Å². The largest absolute Gasteiger partial charge is 0.507 e. The van der Waals surface area contributed by atoms with Gasteiger partial charge in [0.25, 0.3) is 5.78 Å². The highest BCUT2D eigenvalue weighted by Crippen LogP contribution is 2.44. The van der Waals surface area contributed by atoms with Crippen LogP contribution in [0.2, 0.25) is 0 Å². The van der Waals surface area contributed by atoms with E-state index in [1.54, 1.807) is 60.7 Å². The summed E-state index contributed by atoms with van der Waals surface area (Å²) in [6, 6.07) is 19.3. The third-order valence-electron chi connectivity index (χ3n) is 6.29. The number of hydrogen-bond donors (Lipinski definition) is 1. The van der Waals surface area contributed by atoms with Crippen molar-refractivity contribution < 1.29 is 28.6 Å². The number of Topliss-reactive ketones (excluding diaryl/α,β-unsaturated/α-hetero) is 1. The number of carbonyl (C=O) groups is 2. The molecule has 0 aliphatic carbocycles. The number of carbonyl (C=O) groups excluding carboxylic acids is 2. The first-order chi connectivity index (χ1) is 19.0. The number of anilines is 1. The molecule has 3 aromatic carbocycles. The number of thioether (sulfide) groups is 1. The quantitative estimate of drug-likeness (QED) is 0.110. The highest BCUT2D eigenvalue weighted by Gasteiger charge is 2.48. The van der Waals surface area contributed by atoms with Gasteiger partial charge in [-0.05, 0) is 35.4 Å². The van der Waals surface area contributed by atoms with Crippen LogP contribution in [0.5, 0.6) is 11.5 Å². The van der Waals surface area contributed by atoms with E-state index in [9.17, 15) is 19.1 Å². The Morgan fingerprint density at radius 2 is 1.74 bits per heavy atom. The summed E-state index contributed by atoms with van der Waals surface area (Å²) in [5.41, 5.74) is 1.38. The predicted octanol–water partition coefficient (Wildman–Crippen LogP) is 5.37. The lowest BCUT2D eigenvalue weighted by Crippen LogP contribution is -2.29. The van der Waals surface area contributed by atoms with Crippen LogP contribution in [0.3, 0.4) is 0 Å². The minimum Gasteiger partial charge on any atom is -0.507 e. The van der Waals surface area contributed by atoms with Gasteiger partial charge in [-0.25, -0.2) is 4.39 Å². The van der Waals surface area contributed by atoms with Crippen LogP contribution in [-0.4, -0.2) is 40.2 Å². The van der Waals surface area contributed by atoms with Crippen LogP contribution >= 0.6 is 23.1 Å². The molecule has 1 unspecified atom stereocenters. The Hall–Kier alpha value is -4.22. The van der Waals surface area contributed by atoms with Gasteiger partial charge in [-0.15, -0.1) is 10.2 Å². The van der Waals surface area contributed by atoms with E-state index in [-0.39, 0.29) is 22.3 Å². The molecule has 0 saturated carbocycles. The first kappa shape index (κ1) is 25.1. The van der Waals surface area contributed by atoms with Crippen molar-refractivity contribution in [2.45, 2.75) is 16.1 Å². The molecule has 1 aromatic heterocycles. The lowest BCUT2D eigenvalue weighted by Gasteiger charge is -2.23. The summed E-state index contributed by atoms with van der Waals surface area (Å²) in [4.78, 5) is 28.0. The van der Waals surface area contributed by atoms with Crippen molar-refractivity contribution in [2.75, 3.05) is 18.1 Å². The van der Waals surface area contributed by atoms with Gasteiger partial charge in [0.05, 0.1) is 11.6 Å². The van der Waals surface area contributed by atoms with Gasteiger partial charge in [-0.1, -0.05) is 71.6 Å². The van der Waals surface area contributed by atoms with Crippen LogP contribution in [0.15, 0.2) is 82.7 Å². The molecule has 3 heterocycles. The first-order valence-corrected chi connectivity index (χ1v) is 13.8. The summed E-state index contributed by atoms with van der Waals surface area (Å²) in [6.07, 6.45) is 0. The molecule has 11 heteroatoms. The van der Waals surface area contributed by atoms with Crippen LogP contribution in [0.25, 0.3) is 5.76 Å². The first-order valence-electron chi connectivity index (χ1n) is 12.0. The smallest absolute Gasteiger partial charge is 0.301 e. The Morgan fingerprint density at radius 3 is 2.54 bits per heavy atom. The molecule has 6 rings (SSSR count). The van der Waals surface area contributed by atoms with Crippen molar-refractivity contribution in [3.63, 3.8) is 0 Å². The average molecular weight is 562 g/mol. The number of amides is 1. The molecule has 39 heavy (non-hydrogen) atoms. The number of ketones is 1.